The average molecular weight is 752 g/mol. The molecule has 2 heterocycles. The Balaban J connectivity index is 1.02. The molecule has 0 saturated heterocycles. The second-order valence-electron chi connectivity index (χ2n) is 15.1. The van der Waals surface area contributed by atoms with Crippen molar-refractivity contribution in [3.8, 4) is 67.3 Å². The predicted octanol–water partition coefficient (Wildman–Crippen LogP) is 13.7. The van der Waals surface area contributed by atoms with Crippen LogP contribution in [0.25, 0.3) is 78.1 Å². The zero-order chi connectivity index (χ0) is 39.2. The summed E-state index contributed by atoms with van der Waals surface area (Å²) in [7, 11) is 0. The molecular formula is C56H37N3. The maximum Gasteiger partial charge on any atom is 0.160 e. The number of nitrogens with zero attached hydrogens (tertiary/aromatic N) is 3. The van der Waals surface area contributed by atoms with Crippen LogP contribution in [0.1, 0.15) is 22.4 Å². The molecule has 59 heavy (non-hydrogen) atoms. The molecule has 0 spiro atoms. The highest BCUT2D eigenvalue weighted by Gasteiger charge is 2.47. The molecular weight excluding hydrogens is 715 g/mol. The lowest BCUT2D eigenvalue weighted by molar-refractivity contribution is 0.736. The molecule has 0 unspecified atom stereocenters. The fourth-order valence-electron chi connectivity index (χ4n) is 9.09. The normalized spacial score (nSPS) is 12.5. The molecule has 0 radical (unpaired) electrons. The number of fused-ring (bicyclic) bond motifs is 4. The Labute approximate surface area is 344 Å². The van der Waals surface area contributed by atoms with E-state index < -0.39 is 5.41 Å². The number of hydrogen-bond donors (Lipinski definition) is 0. The fraction of sp³-hybridized carbons (Fsp3) is 0.0179. The van der Waals surface area contributed by atoms with Gasteiger partial charge < -0.3 is 0 Å². The van der Waals surface area contributed by atoms with Crippen LogP contribution in [-0.2, 0) is 5.41 Å². The molecule has 0 atom stereocenters. The Morgan fingerprint density at radius 1 is 0.322 bits per heavy atom. The Kier molecular flexibility index (Phi) is 8.37. The second kappa shape index (κ2) is 14.3. The maximum absolute atomic E-state index is 5.58. The van der Waals surface area contributed by atoms with E-state index in [1.165, 1.54) is 27.8 Å². The smallest absolute Gasteiger partial charge is 0.160 e. The first kappa shape index (κ1) is 34.5. The Morgan fingerprint density at radius 3 is 1.46 bits per heavy atom. The maximum atomic E-state index is 5.58. The van der Waals surface area contributed by atoms with Gasteiger partial charge in [0.25, 0.3) is 0 Å². The van der Waals surface area contributed by atoms with Gasteiger partial charge in [-0.3, -0.25) is 0 Å². The molecule has 0 bridgehead atoms. The van der Waals surface area contributed by atoms with Crippen molar-refractivity contribution in [2.75, 3.05) is 0 Å². The van der Waals surface area contributed by atoms with E-state index in [-0.39, 0.29) is 0 Å². The molecule has 3 heteroatoms. The Morgan fingerprint density at radius 2 is 0.814 bits per heavy atom. The van der Waals surface area contributed by atoms with Gasteiger partial charge in [0.05, 0.1) is 22.5 Å². The largest absolute Gasteiger partial charge is 0.248 e. The summed E-state index contributed by atoms with van der Waals surface area (Å²) >= 11 is 0. The molecule has 0 saturated carbocycles. The highest BCUT2D eigenvalue weighted by molar-refractivity contribution is 6.04. The van der Waals surface area contributed by atoms with Crippen molar-refractivity contribution >= 4 is 10.8 Å². The van der Waals surface area contributed by atoms with Gasteiger partial charge in [0.1, 0.15) is 0 Å². The molecule has 3 nitrogen and oxygen atoms in total. The molecule has 276 valence electrons. The summed E-state index contributed by atoms with van der Waals surface area (Å²) in [6.45, 7) is 0. The molecule has 0 aliphatic heterocycles. The summed E-state index contributed by atoms with van der Waals surface area (Å²) in [6.07, 6.45) is 2.04. The summed E-state index contributed by atoms with van der Waals surface area (Å²) in [5.74, 6) is 0.712. The van der Waals surface area contributed by atoms with E-state index >= 15 is 0 Å². The first-order chi connectivity index (χ1) is 29.3. The quantitative estimate of drug-likeness (QED) is 0.163. The van der Waals surface area contributed by atoms with Crippen LogP contribution < -0.4 is 0 Å². The highest BCUT2D eigenvalue weighted by Crippen LogP contribution is 2.55. The van der Waals surface area contributed by atoms with E-state index in [1.807, 2.05) is 12.3 Å². The minimum Gasteiger partial charge on any atom is -0.248 e. The van der Waals surface area contributed by atoms with Crippen molar-refractivity contribution < 1.29 is 0 Å². The molecule has 1 aliphatic rings. The summed E-state index contributed by atoms with van der Waals surface area (Å²) in [6, 6.07) is 77.5. The van der Waals surface area contributed by atoms with E-state index in [1.54, 1.807) is 0 Å². The fourth-order valence-corrected chi connectivity index (χ4v) is 9.09. The SMILES string of the molecule is c1ccc(-c2cc(-c3ccccc3)nc(-c3ccc(-c4ccc(-c5ncc6c(n5)C(c5ccccc5)(c5ccccc5)c5ccccc5-6)c5ccccc45)cc3)c2)cc1. The van der Waals surface area contributed by atoms with Crippen LogP contribution in [0, 0.1) is 0 Å². The molecule has 1 aliphatic carbocycles. The first-order valence-electron chi connectivity index (χ1n) is 20.1. The van der Waals surface area contributed by atoms with Gasteiger partial charge >= 0.3 is 0 Å². The minimum absolute atomic E-state index is 0.596. The summed E-state index contributed by atoms with van der Waals surface area (Å²) in [5, 5.41) is 2.26. The number of hydrogen-bond acceptors (Lipinski definition) is 3. The van der Waals surface area contributed by atoms with Crippen molar-refractivity contribution in [1.82, 2.24) is 15.0 Å². The van der Waals surface area contributed by atoms with E-state index in [0.29, 0.717) is 5.82 Å². The van der Waals surface area contributed by atoms with Gasteiger partial charge in [-0.15, -0.1) is 0 Å². The highest BCUT2D eigenvalue weighted by atomic mass is 14.9. The standard InChI is InChI=1S/C56H37N3/c1-5-17-38(18-6-1)42-35-52(40-19-7-2-8-20-40)58-53(36-42)41-31-29-39(30-32-41)45-33-34-49(47-26-14-13-25-46(45)47)55-57-37-50-48-27-15-16-28-51(48)56(54(50)59-55,43-21-9-3-10-22-43)44-23-11-4-12-24-44/h1-37H. The predicted molar refractivity (Wildman–Crippen MR) is 242 cm³/mol. The van der Waals surface area contributed by atoms with Gasteiger partial charge in [0.2, 0.25) is 0 Å². The van der Waals surface area contributed by atoms with Gasteiger partial charge in [0, 0.05) is 28.5 Å². The molecule has 10 aromatic rings. The van der Waals surface area contributed by atoms with Crippen LogP contribution in [0.4, 0.5) is 0 Å². The van der Waals surface area contributed by atoms with E-state index in [0.717, 1.165) is 66.8 Å². The van der Waals surface area contributed by atoms with Crippen LogP contribution in [0.2, 0.25) is 0 Å². The van der Waals surface area contributed by atoms with Gasteiger partial charge in [-0.05, 0) is 73.5 Å². The van der Waals surface area contributed by atoms with Crippen LogP contribution in [0.5, 0.6) is 0 Å². The lowest BCUT2D eigenvalue weighted by Crippen LogP contribution is -2.29. The molecule has 0 fully saturated rings. The third kappa shape index (κ3) is 5.78. The summed E-state index contributed by atoms with van der Waals surface area (Å²) in [4.78, 5) is 15.9. The van der Waals surface area contributed by atoms with E-state index in [4.69, 9.17) is 15.0 Å². The lowest BCUT2D eigenvalue weighted by Gasteiger charge is -2.32. The Bertz CT molecular complexity index is 3030. The van der Waals surface area contributed by atoms with Crippen LogP contribution in [0.3, 0.4) is 0 Å². The van der Waals surface area contributed by atoms with E-state index in [9.17, 15) is 0 Å². The van der Waals surface area contributed by atoms with E-state index in [2.05, 4.69) is 212 Å². The van der Waals surface area contributed by atoms with Gasteiger partial charge in [-0.1, -0.05) is 200 Å². The molecule has 11 rings (SSSR count). The van der Waals surface area contributed by atoms with Crippen LogP contribution >= 0.6 is 0 Å². The van der Waals surface area contributed by atoms with Gasteiger partial charge in [-0.2, -0.15) is 0 Å². The summed E-state index contributed by atoms with van der Waals surface area (Å²) < 4.78 is 0. The number of rotatable bonds is 7. The third-order valence-electron chi connectivity index (χ3n) is 11.8. The van der Waals surface area contributed by atoms with Crippen LogP contribution in [0.15, 0.2) is 225 Å². The molecule has 8 aromatic carbocycles. The third-order valence-corrected chi connectivity index (χ3v) is 11.8. The lowest BCUT2D eigenvalue weighted by atomic mass is 9.69. The number of pyridine rings is 1. The molecule has 2 aromatic heterocycles. The number of benzene rings is 8. The average Bonchev–Trinajstić information content (AvgIpc) is 3.62. The van der Waals surface area contributed by atoms with Gasteiger partial charge in [0.15, 0.2) is 5.82 Å². The summed E-state index contributed by atoms with van der Waals surface area (Å²) in [5.41, 5.74) is 15.9. The number of aromatic nitrogens is 3. The van der Waals surface area contributed by atoms with Crippen molar-refractivity contribution in [2.24, 2.45) is 0 Å². The zero-order valence-corrected chi connectivity index (χ0v) is 32.2. The molecule has 0 amide bonds. The van der Waals surface area contributed by atoms with Gasteiger partial charge in [-0.25, -0.2) is 15.0 Å². The van der Waals surface area contributed by atoms with Crippen molar-refractivity contribution in [3.05, 3.63) is 247 Å². The second-order valence-corrected chi connectivity index (χ2v) is 15.1. The first-order valence-corrected chi connectivity index (χ1v) is 20.1. The van der Waals surface area contributed by atoms with Crippen molar-refractivity contribution in [1.29, 1.82) is 0 Å². The van der Waals surface area contributed by atoms with Crippen LogP contribution in [-0.4, -0.2) is 15.0 Å². The minimum atomic E-state index is -0.596. The van der Waals surface area contributed by atoms with Crippen molar-refractivity contribution in [2.45, 2.75) is 5.41 Å². The van der Waals surface area contributed by atoms with Crippen molar-refractivity contribution in [3.63, 3.8) is 0 Å². The Hall–Kier alpha value is -7.75. The zero-order valence-electron chi connectivity index (χ0n) is 32.2. The molecule has 0 N–H and O–H groups in total. The topological polar surface area (TPSA) is 38.7 Å². The monoisotopic (exact) mass is 751 g/mol.